The van der Waals surface area contributed by atoms with Crippen LogP contribution in [0.4, 0.5) is 0 Å². The van der Waals surface area contributed by atoms with Crippen LogP contribution in [0.5, 0.6) is 0 Å². The van der Waals surface area contributed by atoms with Gasteiger partial charge < -0.3 is 39.9 Å². The minimum atomic E-state index is -4.64. The van der Waals surface area contributed by atoms with Crippen LogP contribution in [0, 0.1) is 0 Å². The Balaban J connectivity index is 0. The molecule has 4 unspecified atom stereocenters. The number of aliphatic hydroxyl groups is 4. The van der Waals surface area contributed by atoms with Gasteiger partial charge in [0.25, 0.3) is 0 Å². The molecule has 0 rings (SSSR count). The van der Waals surface area contributed by atoms with Crippen LogP contribution < -0.4 is 0 Å². The minimum absolute atomic E-state index is 0.0935. The zero-order valence-corrected chi connectivity index (χ0v) is 9.18. The topological polar surface area (TPSA) is 176 Å². The zero-order chi connectivity index (χ0) is 13.5. The number of carbonyl (C=O) groups excluding carboxylic acids is 1. The van der Waals surface area contributed by atoms with E-state index >= 15 is 0 Å². The highest BCUT2D eigenvalue weighted by Crippen LogP contribution is 2.25. The Morgan fingerprint density at radius 3 is 1.50 bits per heavy atom. The molecule has 0 heterocycles. The maximum absolute atomic E-state index is 9.87. The van der Waals surface area contributed by atoms with Crippen LogP contribution in [0.3, 0.4) is 0 Å². The predicted molar refractivity (Wildman–Crippen MR) is 50.0 cm³/mol. The van der Waals surface area contributed by atoms with E-state index < -0.39 is 32.2 Å². The van der Waals surface area contributed by atoms with E-state index in [1.54, 1.807) is 0 Å². The first-order valence-corrected chi connectivity index (χ1v) is 5.53. The van der Waals surface area contributed by atoms with Gasteiger partial charge in [0.05, 0.1) is 6.10 Å². The van der Waals surface area contributed by atoms with Crippen LogP contribution in [-0.2, 0) is 9.36 Å². The highest BCUT2D eigenvalue weighted by atomic mass is 31.2. The van der Waals surface area contributed by atoms with Crippen molar-refractivity contribution in [1.82, 2.24) is 0 Å². The molecule has 0 amide bonds. The molecule has 0 aromatic heterocycles. The van der Waals surface area contributed by atoms with Gasteiger partial charge in [-0.2, -0.15) is 0 Å². The molecule has 0 aromatic rings. The number of rotatable bonds is 4. The average Bonchev–Trinajstić information content (AvgIpc) is 2.11. The Bertz CT molecular complexity index is 228. The quantitative estimate of drug-likeness (QED) is 0.202. The van der Waals surface area contributed by atoms with Gasteiger partial charge in [0.15, 0.2) is 6.29 Å². The number of carbonyl (C=O) groups is 1. The van der Waals surface area contributed by atoms with Crippen LogP contribution in [0.25, 0.3) is 0 Å². The molecule has 0 bridgehead atoms. The van der Waals surface area contributed by atoms with Crippen molar-refractivity contribution >= 4 is 14.1 Å². The summed E-state index contributed by atoms with van der Waals surface area (Å²) in [7, 11) is -4.64. The second-order valence-electron chi connectivity index (χ2n) is 2.86. The van der Waals surface area contributed by atoms with Gasteiger partial charge in [0, 0.05) is 0 Å². The third-order valence-corrected chi connectivity index (χ3v) is 1.33. The standard InChI is InChI=1S/C6H12O5.H3O4P/c1-3(8)5(10)6(11)4(9)2-7;1-5(2,3)4/h2-6,8-11H,1H3;(H3,1,2,3,4). The maximum atomic E-state index is 9.87. The van der Waals surface area contributed by atoms with E-state index in [4.69, 9.17) is 39.7 Å². The Morgan fingerprint density at radius 2 is 1.31 bits per heavy atom. The molecule has 0 saturated heterocycles. The number of hydrogen-bond donors (Lipinski definition) is 7. The second kappa shape index (κ2) is 7.82. The first-order chi connectivity index (χ1) is 7.00. The summed E-state index contributed by atoms with van der Waals surface area (Å²) in [6.45, 7) is 1.24. The number of phosphoric acid groups is 1. The summed E-state index contributed by atoms with van der Waals surface area (Å²) >= 11 is 0. The Labute approximate surface area is 90.8 Å². The number of hydrogen-bond acceptors (Lipinski definition) is 6. The molecular weight excluding hydrogens is 247 g/mol. The third-order valence-electron chi connectivity index (χ3n) is 1.33. The van der Waals surface area contributed by atoms with Crippen molar-refractivity contribution in [2.75, 3.05) is 0 Å². The molecule has 9 nitrogen and oxygen atoms in total. The van der Waals surface area contributed by atoms with Gasteiger partial charge >= 0.3 is 7.82 Å². The van der Waals surface area contributed by atoms with Crippen LogP contribution in [-0.4, -0.2) is 65.8 Å². The van der Waals surface area contributed by atoms with Crippen molar-refractivity contribution in [3.05, 3.63) is 0 Å². The fourth-order valence-electron chi connectivity index (χ4n) is 0.568. The Morgan fingerprint density at radius 1 is 1.00 bits per heavy atom. The maximum Gasteiger partial charge on any atom is 0.466 e. The third kappa shape index (κ3) is 11.7. The van der Waals surface area contributed by atoms with Crippen LogP contribution in [0.1, 0.15) is 6.92 Å². The molecule has 0 aromatic carbocycles. The Hall–Kier alpha value is -0.380. The lowest BCUT2D eigenvalue weighted by Crippen LogP contribution is -2.43. The van der Waals surface area contributed by atoms with Crippen molar-refractivity contribution in [2.24, 2.45) is 0 Å². The van der Waals surface area contributed by atoms with Crippen LogP contribution in [0.15, 0.2) is 0 Å². The summed E-state index contributed by atoms with van der Waals surface area (Å²) in [6.07, 6.45) is -5.88. The van der Waals surface area contributed by atoms with Crippen molar-refractivity contribution in [1.29, 1.82) is 0 Å². The minimum Gasteiger partial charge on any atom is -0.391 e. The summed E-state index contributed by atoms with van der Waals surface area (Å²) in [6, 6.07) is 0. The normalized spacial score (nSPS) is 18.8. The number of aldehydes is 1. The molecule has 0 aliphatic rings. The Kier molecular flexibility index (Phi) is 8.80. The van der Waals surface area contributed by atoms with Crippen molar-refractivity contribution in [3.63, 3.8) is 0 Å². The summed E-state index contributed by atoms with van der Waals surface area (Å²) in [5.74, 6) is 0. The second-order valence-corrected chi connectivity index (χ2v) is 3.89. The zero-order valence-electron chi connectivity index (χ0n) is 8.28. The van der Waals surface area contributed by atoms with Gasteiger partial charge in [-0.3, -0.25) is 0 Å². The SMILES string of the molecule is CC(O)C(O)C(O)C(O)C=O.O=P(O)(O)O. The van der Waals surface area contributed by atoms with E-state index in [1.807, 2.05) is 0 Å². The number of aliphatic hydroxyl groups excluding tert-OH is 4. The van der Waals surface area contributed by atoms with Gasteiger partial charge in [-0.15, -0.1) is 0 Å². The first-order valence-electron chi connectivity index (χ1n) is 3.96. The average molecular weight is 262 g/mol. The molecule has 98 valence electrons. The fourth-order valence-corrected chi connectivity index (χ4v) is 0.568. The molecule has 7 N–H and O–H groups in total. The highest BCUT2D eigenvalue weighted by Gasteiger charge is 2.27. The van der Waals surface area contributed by atoms with Crippen LogP contribution in [0.2, 0.25) is 0 Å². The van der Waals surface area contributed by atoms with E-state index in [0.29, 0.717) is 0 Å². The van der Waals surface area contributed by atoms with Gasteiger partial charge in [-0.1, -0.05) is 0 Å². The molecule has 0 aliphatic carbocycles. The molecule has 0 saturated carbocycles. The van der Waals surface area contributed by atoms with Gasteiger partial charge in [0.1, 0.15) is 18.3 Å². The largest absolute Gasteiger partial charge is 0.466 e. The van der Waals surface area contributed by atoms with Crippen LogP contribution >= 0.6 is 7.82 Å². The van der Waals surface area contributed by atoms with E-state index in [9.17, 15) is 4.79 Å². The molecule has 0 radical (unpaired) electrons. The van der Waals surface area contributed by atoms with E-state index in [0.717, 1.165) is 0 Å². The monoisotopic (exact) mass is 262 g/mol. The summed E-state index contributed by atoms with van der Waals surface area (Å²) in [4.78, 5) is 31.4. The van der Waals surface area contributed by atoms with E-state index in [2.05, 4.69) is 0 Å². The summed E-state index contributed by atoms with van der Waals surface area (Å²) < 4.78 is 8.88. The molecule has 4 atom stereocenters. The molecule has 0 aliphatic heterocycles. The molecular formula is C6H15O9P. The van der Waals surface area contributed by atoms with E-state index in [1.165, 1.54) is 6.92 Å². The van der Waals surface area contributed by atoms with Gasteiger partial charge in [-0.05, 0) is 6.92 Å². The molecule has 0 spiro atoms. The lowest BCUT2D eigenvalue weighted by Gasteiger charge is -2.21. The fraction of sp³-hybridized carbons (Fsp3) is 0.833. The molecule has 10 heteroatoms. The van der Waals surface area contributed by atoms with E-state index in [-0.39, 0.29) is 6.29 Å². The molecule has 16 heavy (non-hydrogen) atoms. The first kappa shape index (κ1) is 18.0. The van der Waals surface area contributed by atoms with Gasteiger partial charge in [-0.25, -0.2) is 4.57 Å². The summed E-state index contributed by atoms with van der Waals surface area (Å²) in [5.41, 5.74) is 0. The van der Waals surface area contributed by atoms with Crippen molar-refractivity contribution in [3.8, 4) is 0 Å². The lowest BCUT2D eigenvalue weighted by molar-refractivity contribution is -0.132. The molecule has 0 fully saturated rings. The predicted octanol–water partition coefficient (Wildman–Crippen LogP) is -3.28. The lowest BCUT2D eigenvalue weighted by atomic mass is 10.1. The van der Waals surface area contributed by atoms with Crippen molar-refractivity contribution < 1.29 is 44.5 Å². The smallest absolute Gasteiger partial charge is 0.391 e. The van der Waals surface area contributed by atoms with Crippen molar-refractivity contribution in [2.45, 2.75) is 31.3 Å². The highest BCUT2D eigenvalue weighted by molar-refractivity contribution is 7.45. The van der Waals surface area contributed by atoms with Gasteiger partial charge in [0.2, 0.25) is 0 Å². The summed E-state index contributed by atoms with van der Waals surface area (Å²) in [5, 5.41) is 35.1.